The van der Waals surface area contributed by atoms with Gasteiger partial charge in [-0.15, -0.1) is 5.10 Å². The van der Waals surface area contributed by atoms with Crippen molar-refractivity contribution in [3.8, 4) is 5.75 Å². The zero-order chi connectivity index (χ0) is 23.8. The number of nitrogens with zero attached hydrogens (tertiary/aromatic N) is 5. The smallest absolute Gasteiger partial charge is 0.486 e. The number of ether oxygens (including phenoxy) is 1. The minimum Gasteiger partial charge on any atom is -0.486 e. The molecule has 0 bridgehead atoms. The van der Waals surface area contributed by atoms with E-state index in [4.69, 9.17) is 14.6 Å². The van der Waals surface area contributed by atoms with E-state index in [9.17, 15) is 18.0 Å². The minimum absolute atomic E-state index is 0.136. The van der Waals surface area contributed by atoms with Gasteiger partial charge in [-0.2, -0.15) is 13.2 Å². The van der Waals surface area contributed by atoms with Gasteiger partial charge >= 0.3 is 18.2 Å². The SMILES string of the molecule is O=C(Nc1ccccc1)N1CCn2nnc(COc3cccnc3)c2C1.O=C(O)C(F)(F)F. The molecule has 10 nitrogen and oxygen atoms in total. The summed E-state index contributed by atoms with van der Waals surface area (Å²) in [7, 11) is 0. The van der Waals surface area contributed by atoms with Crippen LogP contribution in [0.2, 0.25) is 0 Å². The van der Waals surface area contributed by atoms with Crippen LogP contribution in [0.3, 0.4) is 0 Å². The highest BCUT2D eigenvalue weighted by molar-refractivity contribution is 5.89. The minimum atomic E-state index is -5.08. The van der Waals surface area contributed by atoms with Crippen LogP contribution >= 0.6 is 0 Å². The molecular weight excluding hydrogens is 445 g/mol. The normalized spacial score (nSPS) is 12.8. The van der Waals surface area contributed by atoms with Crippen LogP contribution in [0.4, 0.5) is 23.7 Å². The van der Waals surface area contributed by atoms with Crippen LogP contribution in [0.1, 0.15) is 11.4 Å². The van der Waals surface area contributed by atoms with Crippen LogP contribution in [-0.4, -0.2) is 54.7 Å². The van der Waals surface area contributed by atoms with Gasteiger partial charge in [0.05, 0.1) is 25.0 Å². The van der Waals surface area contributed by atoms with E-state index in [1.165, 1.54) is 0 Å². The van der Waals surface area contributed by atoms with Gasteiger partial charge in [-0.3, -0.25) is 4.98 Å². The van der Waals surface area contributed by atoms with Gasteiger partial charge in [0.15, 0.2) is 0 Å². The Labute approximate surface area is 185 Å². The molecule has 0 fully saturated rings. The van der Waals surface area contributed by atoms with Crippen molar-refractivity contribution in [1.82, 2.24) is 24.9 Å². The highest BCUT2D eigenvalue weighted by Gasteiger charge is 2.38. The number of aliphatic carboxylic acids is 1. The van der Waals surface area contributed by atoms with E-state index in [2.05, 4.69) is 20.6 Å². The number of carbonyl (C=O) groups excluding carboxylic acids is 1. The zero-order valence-electron chi connectivity index (χ0n) is 17.1. The molecule has 3 heterocycles. The molecule has 0 unspecified atom stereocenters. The van der Waals surface area contributed by atoms with Crippen molar-refractivity contribution >= 4 is 17.7 Å². The first-order chi connectivity index (χ1) is 15.7. The average Bonchev–Trinajstić information content (AvgIpc) is 3.21. The number of rotatable bonds is 4. The molecule has 0 aliphatic carbocycles. The number of nitrogens with one attached hydrogen (secondary N) is 1. The maximum absolute atomic E-state index is 12.5. The van der Waals surface area contributed by atoms with Crippen LogP contribution in [0.5, 0.6) is 5.75 Å². The van der Waals surface area contributed by atoms with Gasteiger partial charge in [0, 0.05) is 18.4 Å². The number of hydrogen-bond acceptors (Lipinski definition) is 6. The highest BCUT2D eigenvalue weighted by Crippen LogP contribution is 2.18. The number of carbonyl (C=O) groups is 2. The third kappa shape index (κ3) is 6.66. The van der Waals surface area contributed by atoms with Crippen molar-refractivity contribution in [3.63, 3.8) is 0 Å². The molecule has 2 N–H and O–H groups in total. The predicted octanol–water partition coefficient (Wildman–Crippen LogP) is 2.93. The number of alkyl halides is 3. The molecule has 1 aromatic carbocycles. The van der Waals surface area contributed by atoms with Gasteiger partial charge in [0.2, 0.25) is 0 Å². The maximum Gasteiger partial charge on any atom is 0.490 e. The van der Waals surface area contributed by atoms with Crippen LogP contribution in [0.25, 0.3) is 0 Å². The van der Waals surface area contributed by atoms with Gasteiger partial charge in [-0.05, 0) is 24.3 Å². The van der Waals surface area contributed by atoms with Gasteiger partial charge in [0.25, 0.3) is 0 Å². The fourth-order valence-electron chi connectivity index (χ4n) is 2.79. The van der Waals surface area contributed by atoms with E-state index in [1.54, 1.807) is 17.3 Å². The molecule has 1 aliphatic heterocycles. The number of aromatic nitrogens is 4. The Bertz CT molecular complexity index is 1080. The van der Waals surface area contributed by atoms with Gasteiger partial charge in [-0.1, -0.05) is 23.4 Å². The lowest BCUT2D eigenvalue weighted by molar-refractivity contribution is -0.192. The van der Waals surface area contributed by atoms with Crippen molar-refractivity contribution in [1.29, 1.82) is 0 Å². The van der Waals surface area contributed by atoms with E-state index >= 15 is 0 Å². The lowest BCUT2D eigenvalue weighted by Gasteiger charge is -2.27. The Balaban J connectivity index is 0.000000383. The first kappa shape index (κ1) is 23.5. The monoisotopic (exact) mass is 464 g/mol. The molecule has 2 amide bonds. The Morgan fingerprint density at radius 2 is 1.85 bits per heavy atom. The molecule has 0 saturated carbocycles. The van der Waals surface area contributed by atoms with Crippen molar-refractivity contribution in [2.75, 3.05) is 11.9 Å². The summed E-state index contributed by atoms with van der Waals surface area (Å²) in [5.41, 5.74) is 2.39. The molecule has 2 aromatic heterocycles. The third-order valence-corrected chi connectivity index (χ3v) is 4.41. The number of halogens is 3. The fraction of sp³-hybridized carbons (Fsp3) is 0.250. The lowest BCUT2D eigenvalue weighted by Crippen LogP contribution is -2.41. The van der Waals surface area contributed by atoms with Gasteiger partial charge in [0.1, 0.15) is 18.1 Å². The number of urea groups is 1. The second-order valence-corrected chi connectivity index (χ2v) is 6.70. The zero-order valence-corrected chi connectivity index (χ0v) is 17.1. The Hall–Kier alpha value is -4.16. The topological polar surface area (TPSA) is 122 Å². The lowest BCUT2D eigenvalue weighted by atomic mass is 10.2. The van der Waals surface area contributed by atoms with E-state index in [1.807, 2.05) is 47.1 Å². The summed E-state index contributed by atoms with van der Waals surface area (Å²) in [5.74, 6) is -2.09. The first-order valence-electron chi connectivity index (χ1n) is 9.59. The Kier molecular flexibility index (Phi) is 7.43. The summed E-state index contributed by atoms with van der Waals surface area (Å²) >= 11 is 0. The predicted molar refractivity (Wildman–Crippen MR) is 108 cm³/mol. The molecule has 33 heavy (non-hydrogen) atoms. The fourth-order valence-corrected chi connectivity index (χ4v) is 2.79. The van der Waals surface area contributed by atoms with E-state index in [0.29, 0.717) is 25.4 Å². The standard InChI is InChI=1S/C18H18N6O2.C2HF3O2/c25-18(20-14-5-2-1-3-6-14)23-9-10-24-17(12-23)16(21-22-24)13-26-15-7-4-8-19-11-15;3-2(4,5)1(6)7/h1-8,11H,9-10,12-13H2,(H,20,25);(H,6,7). The van der Waals surface area contributed by atoms with Crippen LogP contribution in [0, 0.1) is 0 Å². The van der Waals surface area contributed by atoms with Crippen molar-refractivity contribution in [2.24, 2.45) is 0 Å². The van der Waals surface area contributed by atoms with Gasteiger partial charge in [-0.25, -0.2) is 14.3 Å². The largest absolute Gasteiger partial charge is 0.490 e. The quantitative estimate of drug-likeness (QED) is 0.609. The first-order valence-corrected chi connectivity index (χ1v) is 9.59. The highest BCUT2D eigenvalue weighted by atomic mass is 19.4. The molecule has 1 aliphatic rings. The summed E-state index contributed by atoms with van der Waals surface area (Å²) in [6, 6.07) is 12.9. The molecule has 13 heteroatoms. The number of pyridine rings is 1. The van der Waals surface area contributed by atoms with Crippen molar-refractivity contribution in [3.05, 3.63) is 66.2 Å². The second kappa shape index (κ2) is 10.4. The maximum atomic E-state index is 12.5. The van der Waals surface area contributed by atoms with Crippen LogP contribution in [0.15, 0.2) is 54.9 Å². The molecule has 0 saturated heterocycles. The van der Waals surface area contributed by atoms with Crippen LogP contribution in [-0.2, 0) is 24.5 Å². The summed E-state index contributed by atoms with van der Waals surface area (Å²) in [6.45, 7) is 1.92. The van der Waals surface area contributed by atoms with Gasteiger partial charge < -0.3 is 20.1 Å². The van der Waals surface area contributed by atoms with Crippen molar-refractivity contribution in [2.45, 2.75) is 25.9 Å². The summed E-state index contributed by atoms with van der Waals surface area (Å²) < 4.78 is 39.3. The molecule has 0 atom stereocenters. The summed E-state index contributed by atoms with van der Waals surface area (Å²) in [4.78, 5) is 27.2. The molecular formula is C20H19F3N6O4. The number of hydrogen-bond donors (Lipinski definition) is 2. The molecule has 4 rings (SSSR count). The Morgan fingerprint density at radius 1 is 1.12 bits per heavy atom. The third-order valence-electron chi connectivity index (χ3n) is 4.41. The second-order valence-electron chi connectivity index (χ2n) is 6.70. The van der Waals surface area contributed by atoms with Crippen molar-refractivity contribution < 1.29 is 32.6 Å². The molecule has 0 spiro atoms. The number of para-hydroxylation sites is 1. The van der Waals surface area contributed by atoms with E-state index < -0.39 is 12.1 Å². The number of amides is 2. The number of benzene rings is 1. The molecule has 174 valence electrons. The Morgan fingerprint density at radius 3 is 2.48 bits per heavy atom. The van der Waals surface area contributed by atoms with Crippen LogP contribution < -0.4 is 10.1 Å². The van der Waals surface area contributed by atoms with E-state index in [-0.39, 0.29) is 12.6 Å². The summed E-state index contributed by atoms with van der Waals surface area (Å²) in [6.07, 6.45) is -1.74. The average molecular weight is 464 g/mol. The number of anilines is 1. The van der Waals surface area contributed by atoms with E-state index in [0.717, 1.165) is 17.1 Å². The number of fused-ring (bicyclic) bond motifs is 1. The summed E-state index contributed by atoms with van der Waals surface area (Å²) in [5, 5.41) is 18.4. The molecule has 0 radical (unpaired) electrons. The number of carboxylic acid groups (broad SMARTS) is 1. The molecule has 3 aromatic rings. The number of carboxylic acids is 1.